The third kappa shape index (κ3) is 2.18. The van der Waals surface area contributed by atoms with Crippen molar-refractivity contribution >= 4 is 12.0 Å². The zero-order chi connectivity index (χ0) is 12.6. The minimum atomic E-state index is -4.53. The van der Waals surface area contributed by atoms with Crippen LogP contribution in [-0.2, 0) is 11.2 Å². The Morgan fingerprint density at radius 2 is 1.94 bits per heavy atom. The van der Waals surface area contributed by atoms with Crippen LogP contribution in [0.1, 0.15) is 11.1 Å². The van der Waals surface area contributed by atoms with Crippen LogP contribution in [0.25, 0.3) is 6.08 Å². The molecule has 0 aliphatic heterocycles. The second-order valence-electron chi connectivity index (χ2n) is 3.90. The Labute approximate surface area is 95.4 Å². The van der Waals surface area contributed by atoms with E-state index in [2.05, 4.69) is 0 Å². The second kappa shape index (κ2) is 3.91. The minimum Gasteiger partial charge on any atom is -0.478 e. The Bertz CT molecular complexity index is 489. The van der Waals surface area contributed by atoms with Gasteiger partial charge in [0.05, 0.1) is 11.5 Å². The lowest BCUT2D eigenvalue weighted by atomic mass is 9.83. The van der Waals surface area contributed by atoms with Crippen LogP contribution in [0.5, 0.6) is 0 Å². The van der Waals surface area contributed by atoms with E-state index < -0.39 is 23.6 Å². The SMILES string of the molecule is O=C(O)C1=Cc2ccccc2CC1C(F)(F)F. The van der Waals surface area contributed by atoms with E-state index in [1.54, 1.807) is 24.3 Å². The lowest BCUT2D eigenvalue weighted by Gasteiger charge is -2.25. The van der Waals surface area contributed by atoms with Gasteiger partial charge in [-0.25, -0.2) is 4.79 Å². The van der Waals surface area contributed by atoms with Gasteiger partial charge in [0.2, 0.25) is 0 Å². The molecule has 1 N–H and O–H groups in total. The Kier molecular flexibility index (Phi) is 2.69. The average molecular weight is 242 g/mol. The van der Waals surface area contributed by atoms with Gasteiger partial charge in [-0.15, -0.1) is 0 Å². The van der Waals surface area contributed by atoms with Crippen LogP contribution in [-0.4, -0.2) is 17.3 Å². The van der Waals surface area contributed by atoms with E-state index >= 15 is 0 Å². The lowest BCUT2D eigenvalue weighted by Crippen LogP contribution is -2.32. The molecule has 0 saturated heterocycles. The van der Waals surface area contributed by atoms with Crippen LogP contribution in [0.3, 0.4) is 0 Å². The molecule has 1 aromatic carbocycles. The molecule has 0 fully saturated rings. The number of carbonyl (C=O) groups is 1. The van der Waals surface area contributed by atoms with Gasteiger partial charge in [-0.2, -0.15) is 13.2 Å². The van der Waals surface area contributed by atoms with Crippen LogP contribution in [0.15, 0.2) is 29.8 Å². The second-order valence-corrected chi connectivity index (χ2v) is 3.90. The summed E-state index contributed by atoms with van der Waals surface area (Å²) in [6.07, 6.45) is -3.73. The monoisotopic (exact) mass is 242 g/mol. The summed E-state index contributed by atoms with van der Waals surface area (Å²) in [4.78, 5) is 10.9. The first-order valence-corrected chi connectivity index (χ1v) is 4.99. The van der Waals surface area contributed by atoms with Crippen molar-refractivity contribution in [2.24, 2.45) is 5.92 Å². The standard InChI is InChI=1S/C12H9F3O2/c13-12(14,15)10-6-8-4-2-1-3-7(8)5-9(10)11(16)17/h1-5,10H,6H2,(H,16,17). The van der Waals surface area contributed by atoms with Gasteiger partial charge >= 0.3 is 12.1 Å². The van der Waals surface area contributed by atoms with Crippen molar-refractivity contribution in [2.45, 2.75) is 12.6 Å². The predicted octanol–water partition coefficient (Wildman–Crippen LogP) is 2.89. The number of halogens is 3. The van der Waals surface area contributed by atoms with E-state index in [0.29, 0.717) is 11.1 Å². The molecule has 1 unspecified atom stereocenters. The van der Waals surface area contributed by atoms with Crippen molar-refractivity contribution in [3.05, 3.63) is 41.0 Å². The molecule has 0 radical (unpaired) electrons. The van der Waals surface area contributed by atoms with Gasteiger partial charge in [0, 0.05) is 0 Å². The number of hydrogen-bond donors (Lipinski definition) is 1. The fraction of sp³-hybridized carbons (Fsp3) is 0.250. The highest BCUT2D eigenvalue weighted by Gasteiger charge is 2.45. The van der Waals surface area contributed by atoms with Gasteiger partial charge in [-0.1, -0.05) is 24.3 Å². The Hall–Kier alpha value is -1.78. The first kappa shape index (κ1) is 11.7. The highest BCUT2D eigenvalue weighted by atomic mass is 19.4. The summed E-state index contributed by atoms with van der Waals surface area (Å²) in [6.45, 7) is 0. The molecular weight excluding hydrogens is 233 g/mol. The molecule has 1 atom stereocenters. The molecule has 5 heteroatoms. The number of alkyl halides is 3. The number of aliphatic carboxylic acids is 1. The normalized spacial score (nSPS) is 19.5. The molecule has 1 aliphatic rings. The van der Waals surface area contributed by atoms with Crippen molar-refractivity contribution in [3.63, 3.8) is 0 Å². The Morgan fingerprint density at radius 3 is 2.53 bits per heavy atom. The fourth-order valence-corrected chi connectivity index (χ4v) is 1.96. The average Bonchev–Trinajstić information content (AvgIpc) is 2.26. The summed E-state index contributed by atoms with van der Waals surface area (Å²) < 4.78 is 38.2. The Balaban J connectivity index is 2.51. The number of carboxylic acid groups (broad SMARTS) is 1. The fourth-order valence-electron chi connectivity index (χ4n) is 1.96. The molecule has 2 rings (SSSR count). The largest absolute Gasteiger partial charge is 0.478 e. The van der Waals surface area contributed by atoms with Crippen molar-refractivity contribution in [1.82, 2.24) is 0 Å². The van der Waals surface area contributed by atoms with E-state index in [4.69, 9.17) is 5.11 Å². The van der Waals surface area contributed by atoms with E-state index in [9.17, 15) is 18.0 Å². The summed E-state index contributed by atoms with van der Waals surface area (Å²) in [5.41, 5.74) is 0.487. The first-order chi connectivity index (χ1) is 7.89. The quantitative estimate of drug-likeness (QED) is 0.822. The number of rotatable bonds is 1. The maximum Gasteiger partial charge on any atom is 0.396 e. The molecule has 17 heavy (non-hydrogen) atoms. The molecule has 0 aromatic heterocycles. The zero-order valence-electron chi connectivity index (χ0n) is 8.66. The van der Waals surface area contributed by atoms with Crippen LogP contribution < -0.4 is 0 Å². The molecule has 0 saturated carbocycles. The molecule has 1 aliphatic carbocycles. The maximum absolute atomic E-state index is 12.7. The molecule has 0 heterocycles. The third-order valence-electron chi connectivity index (χ3n) is 2.81. The highest BCUT2D eigenvalue weighted by Crippen LogP contribution is 2.39. The van der Waals surface area contributed by atoms with Crippen molar-refractivity contribution < 1.29 is 23.1 Å². The van der Waals surface area contributed by atoms with E-state index in [1.807, 2.05) is 0 Å². The minimum absolute atomic E-state index is 0.308. The highest BCUT2D eigenvalue weighted by molar-refractivity contribution is 5.94. The van der Waals surface area contributed by atoms with Gasteiger partial charge in [0.15, 0.2) is 0 Å². The van der Waals surface area contributed by atoms with Crippen LogP contribution in [0.2, 0.25) is 0 Å². The van der Waals surface area contributed by atoms with Crippen LogP contribution >= 0.6 is 0 Å². The Morgan fingerprint density at radius 1 is 1.29 bits per heavy atom. The van der Waals surface area contributed by atoms with Gasteiger partial charge in [-0.05, 0) is 23.6 Å². The van der Waals surface area contributed by atoms with Gasteiger partial charge in [0.25, 0.3) is 0 Å². The van der Waals surface area contributed by atoms with Crippen molar-refractivity contribution in [1.29, 1.82) is 0 Å². The zero-order valence-corrected chi connectivity index (χ0v) is 8.66. The summed E-state index contributed by atoms with van der Waals surface area (Å²) in [5, 5.41) is 8.83. The van der Waals surface area contributed by atoms with Crippen LogP contribution in [0, 0.1) is 5.92 Å². The smallest absolute Gasteiger partial charge is 0.396 e. The summed E-state index contributed by atoms with van der Waals surface area (Å²) in [5.74, 6) is -3.43. The maximum atomic E-state index is 12.7. The van der Waals surface area contributed by atoms with Gasteiger partial charge < -0.3 is 5.11 Å². The summed E-state index contributed by atoms with van der Waals surface area (Å²) in [6, 6.07) is 6.52. The summed E-state index contributed by atoms with van der Waals surface area (Å²) in [7, 11) is 0. The number of hydrogen-bond acceptors (Lipinski definition) is 1. The molecule has 0 spiro atoms. The van der Waals surface area contributed by atoms with E-state index in [-0.39, 0.29) is 6.42 Å². The summed E-state index contributed by atoms with van der Waals surface area (Å²) >= 11 is 0. The molecule has 90 valence electrons. The van der Waals surface area contributed by atoms with Gasteiger partial charge in [0.1, 0.15) is 0 Å². The van der Waals surface area contributed by atoms with E-state index in [1.165, 1.54) is 0 Å². The topological polar surface area (TPSA) is 37.3 Å². The first-order valence-electron chi connectivity index (χ1n) is 4.99. The molecule has 1 aromatic rings. The predicted molar refractivity (Wildman–Crippen MR) is 55.3 cm³/mol. The number of carboxylic acids is 1. The number of benzene rings is 1. The van der Waals surface area contributed by atoms with Crippen LogP contribution in [0.4, 0.5) is 13.2 Å². The van der Waals surface area contributed by atoms with Crippen molar-refractivity contribution in [3.8, 4) is 0 Å². The molecule has 0 bridgehead atoms. The van der Waals surface area contributed by atoms with Gasteiger partial charge in [-0.3, -0.25) is 0 Å². The molecule has 2 nitrogen and oxygen atoms in total. The lowest BCUT2D eigenvalue weighted by molar-refractivity contribution is -0.169. The third-order valence-corrected chi connectivity index (χ3v) is 2.81. The van der Waals surface area contributed by atoms with E-state index in [0.717, 1.165) is 6.08 Å². The number of fused-ring (bicyclic) bond motifs is 1. The molecular formula is C12H9F3O2. The molecule has 0 amide bonds. The van der Waals surface area contributed by atoms with Crippen molar-refractivity contribution in [2.75, 3.05) is 0 Å².